The molecule has 0 bridgehead atoms. The van der Waals surface area contributed by atoms with Gasteiger partial charge in [0.1, 0.15) is 0 Å². The van der Waals surface area contributed by atoms with Crippen LogP contribution in [0, 0.1) is 0 Å². The molecule has 1 aromatic carbocycles. The van der Waals surface area contributed by atoms with E-state index in [1.165, 1.54) is 0 Å². The van der Waals surface area contributed by atoms with Gasteiger partial charge in [0.25, 0.3) is 0 Å². The molecule has 0 aliphatic rings. The molecule has 0 spiro atoms. The molecule has 122 valence electrons. The average molecular weight is 316 g/mol. The number of imidazole rings is 1. The Morgan fingerprint density at radius 2 is 2.22 bits per heavy atom. The normalized spacial score (nSPS) is 11.7. The van der Waals surface area contributed by atoms with Gasteiger partial charge >= 0.3 is 12.0 Å². The van der Waals surface area contributed by atoms with Crippen LogP contribution in [-0.2, 0) is 4.79 Å². The van der Waals surface area contributed by atoms with Gasteiger partial charge in [-0.25, -0.2) is 9.78 Å². The smallest absolute Gasteiger partial charge is 0.315 e. The minimum Gasteiger partial charge on any atom is -0.481 e. The Labute approximate surface area is 134 Å². The third-order valence-corrected chi connectivity index (χ3v) is 3.37. The third kappa shape index (κ3) is 5.14. The second-order valence-electron chi connectivity index (χ2n) is 5.18. The Morgan fingerprint density at radius 1 is 1.39 bits per heavy atom. The Hall–Kier alpha value is -2.83. The number of amides is 2. The zero-order valence-electron chi connectivity index (χ0n) is 12.9. The van der Waals surface area contributed by atoms with Crippen molar-refractivity contribution in [3.8, 4) is 5.69 Å². The van der Waals surface area contributed by atoms with Gasteiger partial charge < -0.3 is 20.3 Å². The van der Waals surface area contributed by atoms with Crippen LogP contribution in [0.3, 0.4) is 0 Å². The number of nitrogens with one attached hydrogen (secondary N) is 2. The van der Waals surface area contributed by atoms with E-state index >= 15 is 0 Å². The number of aliphatic carboxylic acids is 1. The summed E-state index contributed by atoms with van der Waals surface area (Å²) in [5.74, 6) is -0.864. The average Bonchev–Trinajstić information content (AvgIpc) is 3.06. The maximum absolute atomic E-state index is 11.8. The molecule has 0 radical (unpaired) electrons. The fourth-order valence-corrected chi connectivity index (χ4v) is 2.14. The predicted octanol–water partition coefficient (Wildman–Crippen LogP) is 2.10. The molecule has 0 fully saturated rings. The minimum absolute atomic E-state index is 0.0444. The molecule has 2 aromatic rings. The number of hydrogen-bond acceptors (Lipinski definition) is 3. The maximum atomic E-state index is 11.8. The first kappa shape index (κ1) is 16.5. The Morgan fingerprint density at radius 3 is 2.91 bits per heavy atom. The van der Waals surface area contributed by atoms with Crippen molar-refractivity contribution in [2.45, 2.75) is 25.8 Å². The number of rotatable bonds is 7. The van der Waals surface area contributed by atoms with Crippen molar-refractivity contribution in [3.05, 3.63) is 48.5 Å². The van der Waals surface area contributed by atoms with Crippen molar-refractivity contribution in [2.24, 2.45) is 0 Å². The zero-order valence-corrected chi connectivity index (χ0v) is 12.9. The molecule has 0 saturated heterocycles. The van der Waals surface area contributed by atoms with Gasteiger partial charge in [0.2, 0.25) is 0 Å². The molecule has 0 aliphatic heterocycles. The second-order valence-corrected chi connectivity index (χ2v) is 5.18. The Bertz CT molecular complexity index is 655. The third-order valence-electron chi connectivity index (χ3n) is 3.37. The van der Waals surface area contributed by atoms with Gasteiger partial charge in [-0.1, -0.05) is 12.1 Å². The molecule has 0 aliphatic carbocycles. The summed E-state index contributed by atoms with van der Waals surface area (Å²) in [6, 6.07) is 7.33. The van der Waals surface area contributed by atoms with Gasteiger partial charge in [-0.3, -0.25) is 4.79 Å². The first-order chi connectivity index (χ1) is 11.1. The highest BCUT2D eigenvalue weighted by Crippen LogP contribution is 2.16. The lowest BCUT2D eigenvalue weighted by molar-refractivity contribution is -0.137. The van der Waals surface area contributed by atoms with Crippen LogP contribution in [0.25, 0.3) is 5.69 Å². The van der Waals surface area contributed by atoms with E-state index in [4.69, 9.17) is 5.11 Å². The first-order valence-electron chi connectivity index (χ1n) is 7.40. The number of hydrogen-bond donors (Lipinski definition) is 3. The molecule has 2 rings (SSSR count). The lowest BCUT2D eigenvalue weighted by Crippen LogP contribution is -2.37. The number of carboxylic acid groups (broad SMARTS) is 1. The summed E-state index contributed by atoms with van der Waals surface area (Å²) in [5, 5.41) is 14.0. The summed E-state index contributed by atoms with van der Waals surface area (Å²) in [6.07, 6.45) is 5.73. The monoisotopic (exact) mass is 316 g/mol. The lowest BCUT2D eigenvalue weighted by Gasteiger charge is -2.16. The van der Waals surface area contributed by atoms with Crippen LogP contribution in [0.4, 0.5) is 4.79 Å². The summed E-state index contributed by atoms with van der Waals surface area (Å²) in [5.41, 5.74) is 1.94. The van der Waals surface area contributed by atoms with Crippen LogP contribution in [0.5, 0.6) is 0 Å². The number of urea groups is 1. The molecule has 7 nitrogen and oxygen atoms in total. The summed E-state index contributed by atoms with van der Waals surface area (Å²) in [4.78, 5) is 26.2. The molecule has 3 N–H and O–H groups in total. The van der Waals surface area contributed by atoms with E-state index in [9.17, 15) is 9.59 Å². The van der Waals surface area contributed by atoms with Crippen LogP contribution < -0.4 is 10.6 Å². The molecule has 0 saturated carbocycles. The Kier molecular flexibility index (Phi) is 5.74. The lowest BCUT2D eigenvalue weighted by atomic mass is 10.1. The number of benzene rings is 1. The van der Waals surface area contributed by atoms with Crippen LogP contribution in [0.2, 0.25) is 0 Å². The van der Waals surface area contributed by atoms with Gasteiger partial charge in [0, 0.05) is 31.0 Å². The van der Waals surface area contributed by atoms with E-state index in [2.05, 4.69) is 15.6 Å². The van der Waals surface area contributed by atoms with Crippen LogP contribution in [-0.4, -0.2) is 33.2 Å². The van der Waals surface area contributed by atoms with Crippen molar-refractivity contribution < 1.29 is 14.7 Å². The number of nitrogens with zero attached hydrogens (tertiary/aromatic N) is 2. The van der Waals surface area contributed by atoms with Crippen LogP contribution in [0.1, 0.15) is 31.4 Å². The van der Waals surface area contributed by atoms with E-state index in [1.807, 2.05) is 42.0 Å². The molecule has 7 heteroatoms. The van der Waals surface area contributed by atoms with E-state index in [-0.39, 0.29) is 18.5 Å². The maximum Gasteiger partial charge on any atom is 0.315 e. The van der Waals surface area contributed by atoms with E-state index in [1.54, 1.807) is 12.5 Å². The topological polar surface area (TPSA) is 96.3 Å². The van der Waals surface area contributed by atoms with Crippen LogP contribution >= 0.6 is 0 Å². The molecule has 1 atom stereocenters. The minimum atomic E-state index is -0.864. The highest BCUT2D eigenvalue weighted by Gasteiger charge is 2.10. The number of aromatic nitrogens is 2. The van der Waals surface area contributed by atoms with Gasteiger partial charge in [-0.2, -0.15) is 0 Å². The molecule has 1 aromatic heterocycles. The second kappa shape index (κ2) is 7.98. The van der Waals surface area contributed by atoms with Crippen molar-refractivity contribution in [1.82, 2.24) is 20.2 Å². The Balaban J connectivity index is 1.88. The SMILES string of the molecule is CC(NC(=O)NCCCC(=O)O)c1cccc(-n2ccnc2)c1. The van der Waals surface area contributed by atoms with Gasteiger partial charge in [-0.15, -0.1) is 0 Å². The fraction of sp³-hybridized carbons (Fsp3) is 0.312. The number of carbonyl (C=O) groups excluding carboxylic acids is 1. The van der Waals surface area contributed by atoms with E-state index in [0.717, 1.165) is 11.3 Å². The highest BCUT2D eigenvalue weighted by molar-refractivity contribution is 5.74. The van der Waals surface area contributed by atoms with Crippen molar-refractivity contribution >= 4 is 12.0 Å². The molecule has 1 heterocycles. The zero-order chi connectivity index (χ0) is 16.7. The molecular weight excluding hydrogens is 296 g/mol. The largest absolute Gasteiger partial charge is 0.481 e. The number of carbonyl (C=O) groups is 2. The summed E-state index contributed by atoms with van der Waals surface area (Å²) >= 11 is 0. The summed E-state index contributed by atoms with van der Waals surface area (Å²) in [6.45, 7) is 2.23. The van der Waals surface area contributed by atoms with Gasteiger partial charge in [0.15, 0.2) is 0 Å². The molecule has 23 heavy (non-hydrogen) atoms. The quantitative estimate of drug-likeness (QED) is 0.682. The van der Waals surface area contributed by atoms with E-state index in [0.29, 0.717) is 13.0 Å². The molecule has 2 amide bonds. The molecule has 1 unspecified atom stereocenters. The summed E-state index contributed by atoms with van der Waals surface area (Å²) < 4.78 is 1.89. The van der Waals surface area contributed by atoms with Gasteiger partial charge in [-0.05, 0) is 31.0 Å². The molecular formula is C16H20N4O3. The predicted molar refractivity (Wildman–Crippen MR) is 85.4 cm³/mol. The van der Waals surface area contributed by atoms with E-state index < -0.39 is 5.97 Å². The van der Waals surface area contributed by atoms with Crippen LogP contribution in [0.15, 0.2) is 43.0 Å². The first-order valence-corrected chi connectivity index (χ1v) is 7.40. The standard InChI is InChI=1S/C16H20N4O3/c1-12(19-16(23)18-7-3-6-15(21)22)13-4-2-5-14(10-13)20-9-8-17-11-20/h2,4-5,8-12H,3,6-7H2,1H3,(H,21,22)(H2,18,19,23). The van der Waals surface area contributed by atoms with Crippen molar-refractivity contribution in [3.63, 3.8) is 0 Å². The fourth-order valence-electron chi connectivity index (χ4n) is 2.14. The highest BCUT2D eigenvalue weighted by atomic mass is 16.4. The number of carboxylic acids is 1. The van der Waals surface area contributed by atoms with Gasteiger partial charge in [0.05, 0.1) is 12.4 Å². The van der Waals surface area contributed by atoms with Crippen molar-refractivity contribution in [1.29, 1.82) is 0 Å². The summed E-state index contributed by atoms with van der Waals surface area (Å²) in [7, 11) is 0. The van der Waals surface area contributed by atoms with Crippen molar-refractivity contribution in [2.75, 3.05) is 6.54 Å².